The zero-order valence-electron chi connectivity index (χ0n) is 46.6. The number of fused-ring (bicyclic) bond motifs is 5. The summed E-state index contributed by atoms with van der Waals surface area (Å²) < 4.78 is 22.6. The highest BCUT2D eigenvalue weighted by Gasteiger charge is 2.59. The zero-order valence-corrected chi connectivity index (χ0v) is 46.6. The molecule has 9 atom stereocenters. The minimum Gasteiger partial charge on any atom is -0.461 e. The first kappa shape index (κ1) is 59.1. The lowest BCUT2D eigenvalue weighted by Crippen LogP contribution is -2.52. The van der Waals surface area contributed by atoms with Crippen LogP contribution in [0.2, 0.25) is 0 Å². The maximum absolute atomic E-state index is 14.5. The van der Waals surface area contributed by atoms with Crippen molar-refractivity contribution in [3.8, 4) is 0 Å². The van der Waals surface area contributed by atoms with E-state index in [2.05, 4.69) is 56.6 Å². The predicted octanol–water partition coefficient (Wildman–Crippen LogP) is 12.8. The normalized spacial score (nSPS) is 26.3. The smallest absolute Gasteiger partial charge is 0.408 e. The number of ether oxygens (including phenoxy) is 4. The number of rotatable bonds is 23. The zero-order chi connectivity index (χ0) is 52.1. The van der Waals surface area contributed by atoms with E-state index in [4.69, 9.17) is 18.9 Å². The predicted molar refractivity (Wildman–Crippen MR) is 278 cm³/mol. The summed E-state index contributed by atoms with van der Waals surface area (Å²) in [5.41, 5.74) is -0.00280. The molecule has 0 unspecified atom stereocenters. The van der Waals surface area contributed by atoms with Crippen LogP contribution in [0.25, 0.3) is 0 Å². The van der Waals surface area contributed by atoms with Gasteiger partial charge in [-0.3, -0.25) is 9.59 Å². The van der Waals surface area contributed by atoms with Crippen molar-refractivity contribution in [3.63, 3.8) is 0 Å². The Hall–Kier alpha value is -3.51. The van der Waals surface area contributed by atoms with Crippen LogP contribution in [0.15, 0.2) is 11.6 Å². The molecule has 0 aromatic carbocycles. The fourth-order valence-electron chi connectivity index (χ4n) is 12.8. The monoisotopic (exact) mass is 985 g/mol. The lowest BCUT2D eigenvalue weighted by atomic mass is 9.47. The first-order valence-corrected chi connectivity index (χ1v) is 27.7. The van der Waals surface area contributed by atoms with Crippen molar-refractivity contribution in [2.45, 2.75) is 248 Å². The molecule has 70 heavy (non-hydrogen) atoms. The van der Waals surface area contributed by atoms with E-state index in [0.29, 0.717) is 37.3 Å². The molecule has 4 aliphatic rings. The van der Waals surface area contributed by atoms with Crippen molar-refractivity contribution in [1.82, 2.24) is 20.9 Å². The van der Waals surface area contributed by atoms with Gasteiger partial charge in [0, 0.05) is 26.1 Å². The molecule has 0 radical (unpaired) electrons. The molecule has 13 nitrogen and oxygen atoms in total. The number of hydrogen-bond acceptors (Lipinski definition) is 9. The van der Waals surface area contributed by atoms with Gasteiger partial charge in [-0.15, -0.1) is 0 Å². The topological polar surface area (TPSA) is 162 Å². The number of nitrogens with zero attached hydrogens (tertiary/aromatic N) is 1. The van der Waals surface area contributed by atoms with Crippen LogP contribution in [0.5, 0.6) is 0 Å². The highest BCUT2D eigenvalue weighted by atomic mass is 16.6. The lowest BCUT2D eigenvalue weighted by Gasteiger charge is -2.58. The SMILES string of the molecule is CC(C)CCC[C@@H](C)[C@H]1CC[C@H]2[C@@H]3CC=C4C[C@@H](OC(=O)CN(CCCCCCCCNC(=O)OC(C)(C)C)C(=O)[C@H](CCCNC(=O)OC(C)(C)C)NC(=O)OC(C)(C)C)CC[C@]4(C)[C@H]3CC[C@]12C. The summed E-state index contributed by atoms with van der Waals surface area (Å²) in [6, 6.07) is -1.00. The molecule has 4 amide bonds. The number of nitrogens with one attached hydrogen (secondary N) is 3. The largest absolute Gasteiger partial charge is 0.461 e. The van der Waals surface area contributed by atoms with Gasteiger partial charge in [-0.2, -0.15) is 0 Å². The molecule has 0 aromatic rings. The first-order valence-electron chi connectivity index (χ1n) is 27.7. The Morgan fingerprint density at radius 2 is 1.26 bits per heavy atom. The second-order valence-electron chi connectivity index (χ2n) is 25.7. The average Bonchev–Trinajstić information content (AvgIpc) is 3.58. The van der Waals surface area contributed by atoms with Gasteiger partial charge in [0.1, 0.15) is 35.5 Å². The van der Waals surface area contributed by atoms with E-state index in [1.165, 1.54) is 55.4 Å². The maximum Gasteiger partial charge on any atom is 0.408 e. The van der Waals surface area contributed by atoms with Crippen LogP contribution in [-0.4, -0.2) is 90.2 Å². The van der Waals surface area contributed by atoms with Crippen molar-refractivity contribution in [2.75, 3.05) is 26.2 Å². The van der Waals surface area contributed by atoms with Crippen molar-refractivity contribution >= 4 is 30.2 Å². The first-order chi connectivity index (χ1) is 32.6. The third-order valence-corrected chi connectivity index (χ3v) is 16.0. The number of alkyl carbamates (subject to hydrolysis) is 3. The second kappa shape index (κ2) is 25.9. The number of allylic oxidation sites excluding steroid dienone is 1. The minimum atomic E-state index is -1.00. The second-order valence-corrected chi connectivity index (χ2v) is 25.7. The van der Waals surface area contributed by atoms with Crippen LogP contribution in [0, 0.1) is 46.3 Å². The Morgan fingerprint density at radius 3 is 1.87 bits per heavy atom. The number of esters is 1. The van der Waals surface area contributed by atoms with Crippen molar-refractivity contribution in [2.24, 2.45) is 46.3 Å². The molecule has 0 spiro atoms. The van der Waals surface area contributed by atoms with Gasteiger partial charge >= 0.3 is 24.2 Å². The molecule has 4 aliphatic carbocycles. The highest BCUT2D eigenvalue weighted by Crippen LogP contribution is 2.67. The summed E-state index contributed by atoms with van der Waals surface area (Å²) in [6.45, 7) is 29.4. The third kappa shape index (κ3) is 18.5. The number of carbonyl (C=O) groups excluding carboxylic acids is 5. The standard InChI is InChI=1S/C57H100N4O9/c1-39(2)23-21-24-40(3)44-28-29-45-43-27-26-41-37-42(30-32-56(41,13)46(43)31-33-57(44,45)14)67-48(62)38-61(36-20-18-16-15-17-19-34-58-50(64)68-53(4,5)6)49(63)47(60-52(66)70-55(10,11)12)25-22-35-59-51(65)69-54(7,8)9/h26,39-40,42-47H,15-25,27-38H2,1-14H3,(H,58,64)(H,59,65)(H,60,66)/t40-,42+,43+,44-,45+,46+,47+,56+,57-/m1/s1. The van der Waals surface area contributed by atoms with E-state index >= 15 is 0 Å². The van der Waals surface area contributed by atoms with Gasteiger partial charge in [0.05, 0.1) is 0 Å². The number of amides is 4. The fourth-order valence-corrected chi connectivity index (χ4v) is 12.8. The van der Waals surface area contributed by atoms with Gasteiger partial charge in [0.15, 0.2) is 0 Å². The molecular weight excluding hydrogens is 885 g/mol. The third-order valence-electron chi connectivity index (χ3n) is 16.0. The van der Waals surface area contributed by atoms with Crippen LogP contribution in [0.4, 0.5) is 14.4 Å². The van der Waals surface area contributed by atoms with E-state index < -0.39 is 53.0 Å². The molecule has 0 heterocycles. The summed E-state index contributed by atoms with van der Waals surface area (Å²) >= 11 is 0. The highest BCUT2D eigenvalue weighted by molar-refractivity contribution is 5.88. The lowest BCUT2D eigenvalue weighted by molar-refractivity contribution is -0.156. The molecule has 0 aromatic heterocycles. The summed E-state index contributed by atoms with van der Waals surface area (Å²) in [7, 11) is 0. The maximum atomic E-state index is 14.5. The van der Waals surface area contributed by atoms with Crippen molar-refractivity contribution < 1.29 is 42.9 Å². The molecule has 0 aliphatic heterocycles. The van der Waals surface area contributed by atoms with Gasteiger partial charge < -0.3 is 39.8 Å². The van der Waals surface area contributed by atoms with Gasteiger partial charge in [-0.05, 0) is 179 Å². The summed E-state index contributed by atoms with van der Waals surface area (Å²) in [5.74, 6) is 3.70. The minimum absolute atomic E-state index is 0.115. The van der Waals surface area contributed by atoms with Crippen LogP contribution in [-0.2, 0) is 28.5 Å². The van der Waals surface area contributed by atoms with Crippen LogP contribution < -0.4 is 16.0 Å². The number of unbranched alkanes of at least 4 members (excludes halogenated alkanes) is 5. The molecule has 3 saturated carbocycles. The van der Waals surface area contributed by atoms with E-state index in [9.17, 15) is 24.0 Å². The Bertz CT molecular complexity index is 1740. The molecule has 0 saturated heterocycles. The molecule has 4 rings (SSSR count). The van der Waals surface area contributed by atoms with Crippen LogP contribution >= 0.6 is 0 Å². The Labute approximate surface area is 424 Å². The van der Waals surface area contributed by atoms with E-state index in [0.717, 1.165) is 87.4 Å². The molecule has 13 heteroatoms. The Balaban J connectivity index is 1.40. The van der Waals surface area contributed by atoms with Gasteiger partial charge in [0.2, 0.25) is 5.91 Å². The quantitative estimate of drug-likeness (QED) is 0.0392. The van der Waals surface area contributed by atoms with Gasteiger partial charge in [-0.25, -0.2) is 14.4 Å². The summed E-state index contributed by atoms with van der Waals surface area (Å²) in [5, 5.41) is 8.34. The molecule has 3 N–H and O–H groups in total. The summed E-state index contributed by atoms with van der Waals surface area (Å²) in [6.07, 6.45) is 19.3. The van der Waals surface area contributed by atoms with Gasteiger partial charge in [0.25, 0.3) is 0 Å². The van der Waals surface area contributed by atoms with E-state index in [1.807, 2.05) is 20.8 Å². The van der Waals surface area contributed by atoms with Gasteiger partial charge in [-0.1, -0.05) is 91.2 Å². The molecule has 402 valence electrons. The van der Waals surface area contributed by atoms with E-state index in [1.54, 1.807) is 41.5 Å². The Kier molecular flexibility index (Phi) is 21.9. The number of carbonyl (C=O) groups is 5. The Morgan fingerprint density at radius 1 is 0.671 bits per heavy atom. The van der Waals surface area contributed by atoms with Crippen LogP contribution in [0.1, 0.15) is 219 Å². The molecule has 0 bridgehead atoms. The molecule has 3 fully saturated rings. The fraction of sp³-hybridized carbons (Fsp3) is 0.877. The summed E-state index contributed by atoms with van der Waals surface area (Å²) in [4.78, 5) is 67.7. The van der Waals surface area contributed by atoms with Crippen LogP contribution in [0.3, 0.4) is 0 Å². The number of hydrogen-bond donors (Lipinski definition) is 3. The van der Waals surface area contributed by atoms with E-state index in [-0.39, 0.29) is 31.0 Å². The molecular formula is C57H100N4O9. The van der Waals surface area contributed by atoms with Crippen molar-refractivity contribution in [1.29, 1.82) is 0 Å². The average molecular weight is 985 g/mol. The van der Waals surface area contributed by atoms with Crippen molar-refractivity contribution in [3.05, 3.63) is 11.6 Å².